The van der Waals surface area contributed by atoms with Crippen LogP contribution in [0.15, 0.2) is 16.8 Å². The van der Waals surface area contributed by atoms with E-state index in [1.54, 1.807) is 4.90 Å². The maximum absolute atomic E-state index is 12.3. The number of carbonyl (C=O) groups is 2. The zero-order valence-electron chi connectivity index (χ0n) is 10.8. The third-order valence-electron chi connectivity index (χ3n) is 2.95. The first kappa shape index (κ1) is 14.0. The molecule has 1 aliphatic rings. The third kappa shape index (κ3) is 4.33. The molecule has 2 amide bonds. The van der Waals surface area contributed by atoms with Gasteiger partial charge in [-0.3, -0.25) is 9.59 Å². The fourth-order valence-corrected chi connectivity index (χ4v) is 2.56. The lowest BCUT2D eigenvalue weighted by Gasteiger charge is -2.21. The highest BCUT2D eigenvalue weighted by Crippen LogP contribution is 2.11. The maximum atomic E-state index is 12.3. The minimum atomic E-state index is -0.0337. The number of amides is 2. The van der Waals surface area contributed by atoms with Crippen LogP contribution >= 0.6 is 11.3 Å². The molecular weight excluding hydrogens is 264 g/mol. The fraction of sp³-hybridized carbons (Fsp3) is 0.538. The molecule has 0 atom stereocenters. The summed E-state index contributed by atoms with van der Waals surface area (Å²) in [5.74, 6) is -0.0399. The molecule has 6 heteroatoms. The van der Waals surface area contributed by atoms with Crippen LogP contribution in [-0.2, 0) is 9.53 Å². The van der Waals surface area contributed by atoms with Crippen LogP contribution in [0.5, 0.6) is 0 Å². The van der Waals surface area contributed by atoms with Crippen LogP contribution in [0.25, 0.3) is 0 Å². The Kier molecular flexibility index (Phi) is 5.35. The van der Waals surface area contributed by atoms with Gasteiger partial charge >= 0.3 is 0 Å². The summed E-state index contributed by atoms with van der Waals surface area (Å²) >= 11 is 1.50. The van der Waals surface area contributed by atoms with E-state index in [4.69, 9.17) is 4.74 Å². The van der Waals surface area contributed by atoms with Gasteiger partial charge in [0.05, 0.1) is 12.2 Å². The molecule has 1 N–H and O–H groups in total. The van der Waals surface area contributed by atoms with Gasteiger partial charge in [0.25, 0.3) is 5.91 Å². The molecule has 19 heavy (non-hydrogen) atoms. The second kappa shape index (κ2) is 7.25. The van der Waals surface area contributed by atoms with Crippen LogP contribution in [0.3, 0.4) is 0 Å². The van der Waals surface area contributed by atoms with E-state index in [1.807, 2.05) is 16.8 Å². The fourth-order valence-electron chi connectivity index (χ4n) is 1.93. The molecule has 0 saturated carbocycles. The molecule has 1 aliphatic heterocycles. The second-order valence-corrected chi connectivity index (χ2v) is 5.15. The molecule has 1 saturated heterocycles. The number of ether oxygens (including phenoxy) is 1. The maximum Gasteiger partial charge on any atom is 0.254 e. The molecule has 0 spiro atoms. The van der Waals surface area contributed by atoms with Gasteiger partial charge in [-0.05, 0) is 17.9 Å². The van der Waals surface area contributed by atoms with E-state index in [9.17, 15) is 9.59 Å². The molecule has 2 heterocycles. The van der Waals surface area contributed by atoms with Crippen LogP contribution in [0.1, 0.15) is 23.2 Å². The van der Waals surface area contributed by atoms with Crippen molar-refractivity contribution in [3.63, 3.8) is 0 Å². The van der Waals surface area contributed by atoms with Crippen molar-refractivity contribution < 1.29 is 14.3 Å². The Bertz CT molecular complexity index is 420. The molecular formula is C13H18N2O3S. The van der Waals surface area contributed by atoms with Gasteiger partial charge in [-0.2, -0.15) is 11.3 Å². The van der Waals surface area contributed by atoms with E-state index >= 15 is 0 Å². The molecule has 104 valence electrons. The standard InChI is InChI=1S/C13H18N2O3S/c16-12-2-6-15(5-1-7-18-8-4-14-12)13(17)11-3-9-19-10-11/h3,9-10H,1-2,4-8H2,(H,14,16). The van der Waals surface area contributed by atoms with Crippen LogP contribution in [0, 0.1) is 0 Å². The number of nitrogens with zero attached hydrogens (tertiary/aromatic N) is 1. The van der Waals surface area contributed by atoms with Gasteiger partial charge in [-0.1, -0.05) is 0 Å². The van der Waals surface area contributed by atoms with Crippen molar-refractivity contribution in [3.8, 4) is 0 Å². The lowest BCUT2D eigenvalue weighted by Crippen LogP contribution is -2.36. The van der Waals surface area contributed by atoms with Crippen LogP contribution in [0.2, 0.25) is 0 Å². The van der Waals surface area contributed by atoms with Crippen LogP contribution < -0.4 is 5.32 Å². The van der Waals surface area contributed by atoms with Crippen molar-refractivity contribution in [1.82, 2.24) is 10.2 Å². The number of thiophene rings is 1. The average molecular weight is 282 g/mol. The van der Waals surface area contributed by atoms with Crippen molar-refractivity contribution >= 4 is 23.2 Å². The molecule has 2 rings (SSSR count). The molecule has 0 aliphatic carbocycles. The van der Waals surface area contributed by atoms with Crippen LogP contribution in [-0.4, -0.2) is 49.6 Å². The third-order valence-corrected chi connectivity index (χ3v) is 3.63. The summed E-state index contributed by atoms with van der Waals surface area (Å²) in [6.07, 6.45) is 1.14. The zero-order valence-corrected chi connectivity index (χ0v) is 11.6. The first-order valence-electron chi connectivity index (χ1n) is 6.43. The molecule has 1 fully saturated rings. The largest absolute Gasteiger partial charge is 0.380 e. The lowest BCUT2D eigenvalue weighted by atomic mass is 10.2. The van der Waals surface area contributed by atoms with Crippen molar-refractivity contribution in [1.29, 1.82) is 0 Å². The molecule has 0 radical (unpaired) electrons. The molecule has 5 nitrogen and oxygen atoms in total. The zero-order chi connectivity index (χ0) is 13.5. The smallest absolute Gasteiger partial charge is 0.254 e. The van der Waals surface area contributed by atoms with Gasteiger partial charge in [-0.15, -0.1) is 0 Å². The topological polar surface area (TPSA) is 58.6 Å². The number of nitrogens with one attached hydrogen (secondary N) is 1. The Hall–Kier alpha value is -1.40. The van der Waals surface area contributed by atoms with E-state index in [0.717, 1.165) is 6.42 Å². The molecule has 0 aromatic carbocycles. The molecule has 0 bridgehead atoms. The minimum absolute atomic E-state index is 0.00621. The Labute approximate surface area is 116 Å². The quantitative estimate of drug-likeness (QED) is 0.839. The van der Waals surface area contributed by atoms with E-state index in [2.05, 4.69) is 5.32 Å². The summed E-state index contributed by atoms with van der Waals surface area (Å²) in [6.45, 7) is 2.77. The van der Waals surface area contributed by atoms with Gasteiger partial charge < -0.3 is 15.0 Å². The molecule has 1 aromatic heterocycles. The highest BCUT2D eigenvalue weighted by atomic mass is 32.1. The Balaban J connectivity index is 1.98. The molecule has 0 unspecified atom stereocenters. The second-order valence-electron chi connectivity index (χ2n) is 4.37. The summed E-state index contributed by atoms with van der Waals surface area (Å²) in [5, 5.41) is 6.50. The number of rotatable bonds is 1. The Morgan fingerprint density at radius 2 is 2.26 bits per heavy atom. The first-order chi connectivity index (χ1) is 9.27. The van der Waals surface area contributed by atoms with Crippen LogP contribution in [0.4, 0.5) is 0 Å². The summed E-state index contributed by atoms with van der Waals surface area (Å²) in [4.78, 5) is 25.6. The van der Waals surface area contributed by atoms with Gasteiger partial charge in [-0.25, -0.2) is 0 Å². The Morgan fingerprint density at radius 1 is 1.37 bits per heavy atom. The van der Waals surface area contributed by atoms with Gasteiger partial charge in [0.2, 0.25) is 5.91 Å². The number of hydrogen-bond donors (Lipinski definition) is 1. The average Bonchev–Trinajstić information content (AvgIpc) is 2.92. The van der Waals surface area contributed by atoms with Gasteiger partial charge in [0.15, 0.2) is 0 Å². The summed E-state index contributed by atoms with van der Waals surface area (Å²) in [6, 6.07) is 1.81. The van der Waals surface area contributed by atoms with E-state index < -0.39 is 0 Å². The van der Waals surface area contributed by atoms with E-state index in [-0.39, 0.29) is 11.8 Å². The minimum Gasteiger partial charge on any atom is -0.380 e. The van der Waals surface area contributed by atoms with Crippen molar-refractivity contribution in [2.75, 3.05) is 32.8 Å². The first-order valence-corrected chi connectivity index (χ1v) is 7.37. The van der Waals surface area contributed by atoms with Crippen molar-refractivity contribution in [2.24, 2.45) is 0 Å². The normalized spacial score (nSPS) is 18.5. The monoisotopic (exact) mass is 282 g/mol. The number of carbonyl (C=O) groups excluding carboxylic acids is 2. The SMILES string of the molecule is O=C1CCN(C(=O)c2ccsc2)CCCOCCN1. The predicted octanol–water partition coefficient (Wildman–Crippen LogP) is 1.12. The Morgan fingerprint density at radius 3 is 3.05 bits per heavy atom. The highest BCUT2D eigenvalue weighted by molar-refractivity contribution is 7.08. The van der Waals surface area contributed by atoms with E-state index in [0.29, 0.717) is 44.8 Å². The summed E-state index contributed by atoms with van der Waals surface area (Å²) in [5.41, 5.74) is 0.696. The summed E-state index contributed by atoms with van der Waals surface area (Å²) < 4.78 is 5.38. The van der Waals surface area contributed by atoms with E-state index in [1.165, 1.54) is 11.3 Å². The molecule has 1 aromatic rings. The van der Waals surface area contributed by atoms with Crippen molar-refractivity contribution in [2.45, 2.75) is 12.8 Å². The van der Waals surface area contributed by atoms with Gasteiger partial charge in [0, 0.05) is 38.0 Å². The van der Waals surface area contributed by atoms with Gasteiger partial charge in [0.1, 0.15) is 0 Å². The summed E-state index contributed by atoms with van der Waals surface area (Å²) in [7, 11) is 0. The lowest BCUT2D eigenvalue weighted by molar-refractivity contribution is -0.121. The highest BCUT2D eigenvalue weighted by Gasteiger charge is 2.17. The predicted molar refractivity (Wildman–Crippen MR) is 73.3 cm³/mol. The number of hydrogen-bond acceptors (Lipinski definition) is 4. The van der Waals surface area contributed by atoms with Crippen molar-refractivity contribution in [3.05, 3.63) is 22.4 Å².